The van der Waals surface area contributed by atoms with Crippen LogP contribution in [0.25, 0.3) is 49.7 Å². The van der Waals surface area contributed by atoms with Crippen molar-refractivity contribution in [3.8, 4) is 27.9 Å². The molecular weight excluding hydrogens is 580 g/mol. The molecule has 0 spiro atoms. The van der Waals surface area contributed by atoms with Gasteiger partial charge < -0.3 is 4.57 Å². The van der Waals surface area contributed by atoms with Crippen molar-refractivity contribution in [1.29, 1.82) is 0 Å². The first-order chi connectivity index (χ1) is 23.1. The van der Waals surface area contributed by atoms with Crippen LogP contribution in [0.3, 0.4) is 0 Å². The summed E-state index contributed by atoms with van der Waals surface area (Å²) in [6.45, 7) is 9.25. The Bertz CT molecular complexity index is 2130. The molecule has 2 amide bonds. The van der Waals surface area contributed by atoms with E-state index in [0.29, 0.717) is 22.5 Å². The minimum absolute atomic E-state index is 0.330. The van der Waals surface area contributed by atoms with Gasteiger partial charge in [0.15, 0.2) is 0 Å². The van der Waals surface area contributed by atoms with Crippen molar-refractivity contribution in [3.05, 3.63) is 158 Å². The van der Waals surface area contributed by atoms with Crippen molar-refractivity contribution in [2.75, 3.05) is 4.90 Å². The molecule has 0 atom stereocenters. The monoisotopic (exact) mass is 614 g/mol. The van der Waals surface area contributed by atoms with E-state index in [1.165, 1.54) is 4.90 Å². The minimum atomic E-state index is -0.343. The molecule has 0 aliphatic carbocycles. The van der Waals surface area contributed by atoms with Crippen molar-refractivity contribution in [3.63, 3.8) is 0 Å². The number of amides is 2. The van der Waals surface area contributed by atoms with Gasteiger partial charge in [-0.25, -0.2) is 4.90 Å². The number of hydrogen-bond acceptors (Lipinski definition) is 4. The van der Waals surface area contributed by atoms with Crippen LogP contribution in [0.15, 0.2) is 147 Å². The molecule has 0 saturated heterocycles. The van der Waals surface area contributed by atoms with E-state index in [2.05, 4.69) is 45.4 Å². The molecule has 7 aromatic rings. The third-order valence-corrected chi connectivity index (χ3v) is 7.90. The normalized spacial score (nSPS) is 11.9. The van der Waals surface area contributed by atoms with Crippen LogP contribution in [-0.2, 0) is 0 Å². The lowest BCUT2D eigenvalue weighted by Crippen LogP contribution is -2.29. The van der Waals surface area contributed by atoms with Gasteiger partial charge in [-0.05, 0) is 43.3 Å². The van der Waals surface area contributed by atoms with E-state index in [1.807, 2.05) is 99.9 Å². The molecule has 230 valence electrons. The summed E-state index contributed by atoms with van der Waals surface area (Å²) in [5, 5.41) is 2.07. The summed E-state index contributed by atoms with van der Waals surface area (Å²) in [4.78, 5) is 37.9. The molecule has 4 heterocycles. The number of allylic oxidation sites excluding steroid dienone is 1. The summed E-state index contributed by atoms with van der Waals surface area (Å²) in [6.07, 6.45) is 8.96. The molecule has 0 bridgehead atoms. The lowest BCUT2D eigenvalue weighted by Gasteiger charge is -2.16. The molecule has 0 saturated carbocycles. The second kappa shape index (κ2) is 13.5. The van der Waals surface area contributed by atoms with E-state index in [9.17, 15) is 9.59 Å². The average Bonchev–Trinajstić information content (AvgIpc) is 3.61. The predicted molar refractivity (Wildman–Crippen MR) is 192 cm³/mol. The third kappa shape index (κ3) is 5.30. The minimum Gasteiger partial charge on any atom is -0.307 e. The number of pyridine rings is 2. The van der Waals surface area contributed by atoms with Gasteiger partial charge in [-0.1, -0.05) is 92.7 Å². The maximum Gasteiger partial charge on any atom is 0.268 e. The topological polar surface area (TPSA) is 68.1 Å². The Hall–Kier alpha value is -6.14. The Morgan fingerprint density at radius 1 is 0.596 bits per heavy atom. The van der Waals surface area contributed by atoms with Crippen LogP contribution in [0.4, 0.5) is 5.69 Å². The molecule has 1 aliphatic heterocycles. The Morgan fingerprint density at radius 3 is 1.62 bits per heavy atom. The maximum absolute atomic E-state index is 14.2. The van der Waals surface area contributed by atoms with E-state index in [0.717, 1.165) is 44.1 Å². The zero-order valence-electron chi connectivity index (χ0n) is 26.6. The van der Waals surface area contributed by atoms with E-state index in [4.69, 9.17) is 0 Å². The number of nitrogens with zero attached hydrogens (tertiary/aromatic N) is 4. The molecular formula is C41H34N4O2. The number of para-hydroxylation sites is 3. The SMILES string of the molecule is C=CC.CC.O=C1c2cccc(-n3c4c(-c5cccnc5)cccc4c4cccc(-c5cccnc5)c43)c2C(=O)N1c1ccccc1. The lowest BCUT2D eigenvalue weighted by atomic mass is 10.0. The third-order valence-electron chi connectivity index (χ3n) is 7.90. The molecule has 47 heavy (non-hydrogen) atoms. The Morgan fingerprint density at radius 2 is 1.11 bits per heavy atom. The van der Waals surface area contributed by atoms with E-state index >= 15 is 0 Å². The number of rotatable bonds is 4. The van der Waals surface area contributed by atoms with Gasteiger partial charge in [-0.2, -0.15) is 0 Å². The molecule has 0 fully saturated rings. The Labute approximate surface area is 274 Å². The number of aromatic nitrogens is 3. The van der Waals surface area contributed by atoms with Crippen LogP contribution in [-0.4, -0.2) is 26.3 Å². The summed E-state index contributed by atoms with van der Waals surface area (Å²) in [7, 11) is 0. The second-order valence-electron chi connectivity index (χ2n) is 10.6. The van der Waals surface area contributed by atoms with Gasteiger partial charge in [0, 0.05) is 57.8 Å². The first kappa shape index (κ1) is 30.9. The molecule has 0 radical (unpaired) electrons. The van der Waals surface area contributed by atoms with Crippen LogP contribution in [0, 0.1) is 0 Å². The van der Waals surface area contributed by atoms with Crippen molar-refractivity contribution in [2.45, 2.75) is 20.8 Å². The highest BCUT2D eigenvalue weighted by Crippen LogP contribution is 2.43. The number of imide groups is 1. The van der Waals surface area contributed by atoms with Gasteiger partial charge in [-0.3, -0.25) is 19.6 Å². The summed E-state index contributed by atoms with van der Waals surface area (Å²) in [5.41, 5.74) is 7.69. The molecule has 0 N–H and O–H groups in total. The summed E-state index contributed by atoms with van der Waals surface area (Å²) >= 11 is 0. The van der Waals surface area contributed by atoms with E-state index in [-0.39, 0.29) is 11.8 Å². The fourth-order valence-corrected chi connectivity index (χ4v) is 6.13. The first-order valence-electron chi connectivity index (χ1n) is 15.6. The number of hydrogen-bond donors (Lipinski definition) is 0. The maximum atomic E-state index is 14.2. The van der Waals surface area contributed by atoms with Crippen LogP contribution in [0.5, 0.6) is 0 Å². The molecule has 6 nitrogen and oxygen atoms in total. The van der Waals surface area contributed by atoms with Crippen LogP contribution >= 0.6 is 0 Å². The molecule has 4 aromatic carbocycles. The summed E-state index contributed by atoms with van der Waals surface area (Å²) < 4.78 is 2.15. The van der Waals surface area contributed by atoms with Gasteiger partial charge in [-0.15, -0.1) is 6.58 Å². The Balaban J connectivity index is 0.000000733. The second-order valence-corrected chi connectivity index (χ2v) is 10.6. The smallest absolute Gasteiger partial charge is 0.268 e. The quantitative estimate of drug-likeness (QED) is 0.146. The molecule has 3 aromatic heterocycles. The van der Waals surface area contributed by atoms with Crippen molar-refractivity contribution in [2.24, 2.45) is 0 Å². The van der Waals surface area contributed by atoms with Gasteiger partial charge in [0.05, 0.1) is 33.5 Å². The number of carbonyl (C=O) groups is 2. The Kier molecular flexibility index (Phi) is 8.84. The van der Waals surface area contributed by atoms with E-state index < -0.39 is 0 Å². The van der Waals surface area contributed by atoms with Gasteiger partial charge in [0.25, 0.3) is 11.8 Å². The first-order valence-corrected chi connectivity index (χ1v) is 15.6. The highest BCUT2D eigenvalue weighted by molar-refractivity contribution is 6.36. The van der Waals surface area contributed by atoms with Crippen LogP contribution in [0.1, 0.15) is 41.5 Å². The molecule has 8 rings (SSSR count). The lowest BCUT2D eigenvalue weighted by molar-refractivity contribution is 0.0926. The average molecular weight is 615 g/mol. The van der Waals surface area contributed by atoms with Crippen molar-refractivity contribution >= 4 is 39.3 Å². The number of anilines is 1. The molecule has 0 unspecified atom stereocenters. The van der Waals surface area contributed by atoms with Crippen molar-refractivity contribution in [1.82, 2.24) is 14.5 Å². The van der Waals surface area contributed by atoms with Gasteiger partial charge in [0.2, 0.25) is 0 Å². The van der Waals surface area contributed by atoms with Crippen LogP contribution in [0.2, 0.25) is 0 Å². The van der Waals surface area contributed by atoms with Crippen LogP contribution < -0.4 is 4.90 Å². The van der Waals surface area contributed by atoms with Gasteiger partial charge in [0.1, 0.15) is 0 Å². The fraction of sp³-hybridized carbons (Fsp3) is 0.0732. The highest BCUT2D eigenvalue weighted by atomic mass is 16.2. The zero-order chi connectivity index (χ0) is 32.9. The highest BCUT2D eigenvalue weighted by Gasteiger charge is 2.39. The number of benzene rings is 4. The van der Waals surface area contributed by atoms with E-state index in [1.54, 1.807) is 36.7 Å². The number of carbonyl (C=O) groups excluding carboxylic acids is 2. The summed E-state index contributed by atoms with van der Waals surface area (Å²) in [6, 6.07) is 35.0. The summed E-state index contributed by atoms with van der Waals surface area (Å²) in [5.74, 6) is -0.673. The molecule has 6 heteroatoms. The molecule has 1 aliphatic rings. The fourth-order valence-electron chi connectivity index (χ4n) is 6.13. The predicted octanol–water partition coefficient (Wildman–Crippen LogP) is 9.93. The largest absolute Gasteiger partial charge is 0.307 e. The standard InChI is InChI=1S/C36H22N4O2.C3H6.C2H6/c41-35-30-17-6-18-31(32(30)36(42)39(35)25-11-2-1-3-12-25)40-33-26(23-9-7-19-37-21-23)13-4-15-28(33)29-16-5-14-27(34(29)40)24-10-8-20-38-22-24;1-3-2;1-2/h1-22H;3H,1H2,2H3;1-2H3. The zero-order valence-corrected chi connectivity index (χ0v) is 26.6. The van der Waals surface area contributed by atoms with Crippen molar-refractivity contribution < 1.29 is 9.59 Å². The number of fused-ring (bicyclic) bond motifs is 4. The van der Waals surface area contributed by atoms with Gasteiger partial charge >= 0.3 is 0 Å².